The highest BCUT2D eigenvalue weighted by Crippen LogP contribution is 2.33. The van der Waals surface area contributed by atoms with Gasteiger partial charge in [-0.2, -0.15) is 0 Å². The molecule has 1 saturated carbocycles. The number of hydrogen-bond donors (Lipinski definition) is 1. The van der Waals surface area contributed by atoms with Crippen LogP contribution in [-0.4, -0.2) is 59.8 Å². The van der Waals surface area contributed by atoms with Crippen LogP contribution in [0.25, 0.3) is 0 Å². The lowest BCUT2D eigenvalue weighted by atomic mass is 10.1. The Kier molecular flexibility index (Phi) is 6.89. The number of nitrogens with one attached hydrogen (secondary N) is 1. The molecule has 1 aromatic heterocycles. The topological polar surface area (TPSA) is 79.8 Å². The molecule has 37 heavy (non-hydrogen) atoms. The first-order valence-electron chi connectivity index (χ1n) is 12.8. The Balaban J connectivity index is 1.04. The van der Waals surface area contributed by atoms with Crippen molar-refractivity contribution in [2.24, 2.45) is 0 Å². The summed E-state index contributed by atoms with van der Waals surface area (Å²) in [6.45, 7) is 7.00. The smallest absolute Gasteiger partial charge is 0.251 e. The maximum atomic E-state index is 12.4. The number of aryl methyl sites for hydroxylation is 1. The van der Waals surface area contributed by atoms with Crippen LogP contribution >= 0.6 is 11.8 Å². The molecule has 0 bridgehead atoms. The third kappa shape index (κ3) is 5.99. The van der Waals surface area contributed by atoms with Gasteiger partial charge in [-0.3, -0.25) is 9.69 Å². The molecule has 1 amide bonds. The summed E-state index contributed by atoms with van der Waals surface area (Å²) in [5, 5.41) is 3.83. The predicted molar refractivity (Wildman–Crippen MR) is 143 cm³/mol. The molecule has 6 rings (SSSR count). The highest BCUT2D eigenvalue weighted by molar-refractivity contribution is 7.98. The molecule has 1 N–H and O–H groups in total. The fourth-order valence-corrected chi connectivity index (χ4v) is 5.47. The van der Waals surface area contributed by atoms with Crippen molar-refractivity contribution < 1.29 is 14.3 Å². The third-order valence-electron chi connectivity index (χ3n) is 6.83. The molecule has 9 heteroatoms. The largest absolute Gasteiger partial charge is 0.454 e. The minimum Gasteiger partial charge on any atom is -0.454 e. The minimum absolute atomic E-state index is 0.0149. The lowest BCUT2D eigenvalue weighted by molar-refractivity contribution is 0.0951. The van der Waals surface area contributed by atoms with Crippen molar-refractivity contribution in [2.45, 2.75) is 43.3 Å². The maximum absolute atomic E-state index is 12.4. The minimum atomic E-state index is 0.0149. The third-order valence-corrected chi connectivity index (χ3v) is 7.75. The fraction of sp³-hybridized carbons (Fsp3) is 0.393. The highest BCUT2D eigenvalue weighted by Gasteiger charge is 2.24. The number of fused-ring (bicyclic) bond motifs is 1. The van der Waals surface area contributed by atoms with Gasteiger partial charge in [0.15, 0.2) is 16.7 Å². The number of nitrogens with zero attached hydrogens (tertiary/aromatic N) is 4. The quantitative estimate of drug-likeness (QED) is 0.355. The predicted octanol–water partition coefficient (Wildman–Crippen LogP) is 4.02. The Hall–Kier alpha value is -3.30. The molecular formula is C28H31N5O3S. The van der Waals surface area contributed by atoms with Crippen LogP contribution in [0, 0.1) is 6.92 Å². The van der Waals surface area contributed by atoms with Crippen LogP contribution in [0.1, 0.15) is 40.0 Å². The van der Waals surface area contributed by atoms with Crippen molar-refractivity contribution in [3.05, 3.63) is 70.9 Å². The molecule has 192 valence electrons. The second-order valence-corrected chi connectivity index (χ2v) is 10.8. The van der Waals surface area contributed by atoms with Crippen molar-refractivity contribution in [3.63, 3.8) is 0 Å². The van der Waals surface area contributed by atoms with E-state index in [1.54, 1.807) is 11.8 Å². The standard InChI is InChI=1S/C28H31N5O3S/c1-19-13-26(33-11-9-32(10-12-33)16-20-5-8-24-25(15-20)36-18-35-24)31-28(29-19)37-17-21-3-2-4-22(14-21)27(34)30-23-6-7-23/h2-5,8,13-15,23H,6-7,9-12,16-18H2,1H3,(H,30,34). The van der Waals surface area contributed by atoms with Crippen LogP contribution in [0.3, 0.4) is 0 Å². The van der Waals surface area contributed by atoms with Crippen LogP contribution in [0.2, 0.25) is 0 Å². The lowest BCUT2D eigenvalue weighted by Crippen LogP contribution is -2.46. The van der Waals surface area contributed by atoms with E-state index < -0.39 is 0 Å². The summed E-state index contributed by atoms with van der Waals surface area (Å²) >= 11 is 1.61. The number of aromatic nitrogens is 2. The van der Waals surface area contributed by atoms with Crippen molar-refractivity contribution in [1.29, 1.82) is 0 Å². The van der Waals surface area contributed by atoms with Gasteiger partial charge in [0.1, 0.15) is 5.82 Å². The number of carbonyl (C=O) groups is 1. The fourth-order valence-electron chi connectivity index (χ4n) is 4.63. The average molecular weight is 518 g/mol. The number of carbonyl (C=O) groups excluding carboxylic acids is 1. The van der Waals surface area contributed by atoms with E-state index in [4.69, 9.17) is 14.5 Å². The zero-order valence-corrected chi connectivity index (χ0v) is 21.8. The van der Waals surface area contributed by atoms with E-state index in [0.29, 0.717) is 12.8 Å². The summed E-state index contributed by atoms with van der Waals surface area (Å²) in [5.74, 6) is 3.38. The first-order chi connectivity index (χ1) is 18.1. The normalized spacial score (nSPS) is 17.2. The van der Waals surface area contributed by atoms with Gasteiger partial charge in [-0.15, -0.1) is 0 Å². The number of piperazine rings is 1. The second-order valence-electron chi connectivity index (χ2n) is 9.84. The van der Waals surface area contributed by atoms with Gasteiger partial charge in [0.2, 0.25) is 6.79 Å². The van der Waals surface area contributed by atoms with Gasteiger partial charge in [0.25, 0.3) is 5.91 Å². The van der Waals surface area contributed by atoms with Gasteiger partial charge in [0.05, 0.1) is 0 Å². The van der Waals surface area contributed by atoms with Crippen molar-refractivity contribution >= 4 is 23.5 Å². The summed E-state index contributed by atoms with van der Waals surface area (Å²) < 4.78 is 10.9. The van der Waals surface area contributed by atoms with Gasteiger partial charge in [-0.1, -0.05) is 30.0 Å². The summed E-state index contributed by atoms with van der Waals surface area (Å²) in [7, 11) is 0. The molecular weight excluding hydrogens is 486 g/mol. The molecule has 1 aliphatic carbocycles. The Morgan fingerprint density at radius 1 is 1.00 bits per heavy atom. The van der Waals surface area contributed by atoms with E-state index in [-0.39, 0.29) is 5.91 Å². The van der Waals surface area contributed by atoms with E-state index >= 15 is 0 Å². The zero-order chi connectivity index (χ0) is 25.2. The Morgan fingerprint density at radius 2 is 1.84 bits per heavy atom. The monoisotopic (exact) mass is 517 g/mol. The first-order valence-corrected chi connectivity index (χ1v) is 13.8. The molecule has 2 fully saturated rings. The van der Waals surface area contributed by atoms with Crippen molar-refractivity contribution in [2.75, 3.05) is 37.9 Å². The van der Waals surface area contributed by atoms with E-state index in [1.165, 1.54) is 5.56 Å². The molecule has 2 aliphatic heterocycles. The van der Waals surface area contributed by atoms with Gasteiger partial charge in [-0.25, -0.2) is 9.97 Å². The van der Waals surface area contributed by atoms with Gasteiger partial charge in [-0.05, 0) is 55.2 Å². The van der Waals surface area contributed by atoms with Crippen LogP contribution in [-0.2, 0) is 12.3 Å². The molecule has 0 spiro atoms. The Labute approximate surface area is 221 Å². The zero-order valence-electron chi connectivity index (χ0n) is 21.0. The number of amides is 1. The van der Waals surface area contributed by atoms with Crippen LogP contribution in [0.15, 0.2) is 53.7 Å². The number of thioether (sulfide) groups is 1. The van der Waals surface area contributed by atoms with Crippen LogP contribution in [0.4, 0.5) is 5.82 Å². The van der Waals surface area contributed by atoms with Crippen molar-refractivity contribution in [1.82, 2.24) is 20.2 Å². The van der Waals surface area contributed by atoms with Gasteiger partial charge >= 0.3 is 0 Å². The lowest BCUT2D eigenvalue weighted by Gasteiger charge is -2.35. The molecule has 0 atom stereocenters. The number of anilines is 1. The molecule has 0 radical (unpaired) electrons. The van der Waals surface area contributed by atoms with E-state index in [0.717, 1.165) is 90.6 Å². The molecule has 3 heterocycles. The average Bonchev–Trinajstić information content (AvgIpc) is 3.60. The van der Waals surface area contributed by atoms with E-state index in [2.05, 4.69) is 44.4 Å². The summed E-state index contributed by atoms with van der Waals surface area (Å²) in [4.78, 5) is 26.7. The molecule has 2 aromatic carbocycles. The molecule has 1 saturated heterocycles. The SMILES string of the molecule is Cc1cc(N2CCN(Cc3ccc4c(c3)OCO4)CC2)nc(SCc2cccc(C(=O)NC3CC3)c2)n1. The number of hydrogen-bond acceptors (Lipinski definition) is 8. The number of ether oxygens (including phenoxy) is 2. The van der Waals surface area contributed by atoms with Crippen LogP contribution in [0.5, 0.6) is 11.5 Å². The van der Waals surface area contributed by atoms with E-state index in [1.807, 2.05) is 31.2 Å². The first kappa shape index (κ1) is 24.1. The molecule has 3 aromatic rings. The van der Waals surface area contributed by atoms with Gasteiger partial charge < -0.3 is 19.7 Å². The summed E-state index contributed by atoms with van der Waals surface area (Å²) in [5.41, 5.74) is 4.02. The van der Waals surface area contributed by atoms with Gasteiger partial charge in [0, 0.05) is 61.8 Å². The summed E-state index contributed by atoms with van der Waals surface area (Å²) in [6.07, 6.45) is 2.17. The second kappa shape index (κ2) is 10.6. The Bertz CT molecular complexity index is 1290. The number of rotatable bonds is 8. The Morgan fingerprint density at radius 3 is 2.68 bits per heavy atom. The summed E-state index contributed by atoms with van der Waals surface area (Å²) in [6, 6.07) is 16.5. The molecule has 0 unspecified atom stereocenters. The maximum Gasteiger partial charge on any atom is 0.251 e. The van der Waals surface area contributed by atoms with E-state index in [9.17, 15) is 4.79 Å². The van der Waals surface area contributed by atoms with Crippen LogP contribution < -0.4 is 19.7 Å². The molecule has 3 aliphatic rings. The molecule has 8 nitrogen and oxygen atoms in total. The highest BCUT2D eigenvalue weighted by atomic mass is 32.2. The van der Waals surface area contributed by atoms with Crippen molar-refractivity contribution in [3.8, 4) is 11.5 Å². The number of benzene rings is 2.